The monoisotopic (exact) mass is 240 g/mol. The van der Waals surface area contributed by atoms with Gasteiger partial charge in [-0.05, 0) is 25.1 Å². The fourth-order valence-electron chi connectivity index (χ4n) is 1.10. The number of carbonyl (C=O) groups is 1. The van der Waals surface area contributed by atoms with E-state index in [9.17, 15) is 4.79 Å². The summed E-state index contributed by atoms with van der Waals surface area (Å²) in [5.74, 6) is 0.459. The SMILES string of the molecule is CCO.COc1cc(C(=O)N(C)C)ccc1N. The van der Waals surface area contributed by atoms with Crippen LogP contribution in [-0.2, 0) is 0 Å². The van der Waals surface area contributed by atoms with E-state index < -0.39 is 0 Å². The summed E-state index contributed by atoms with van der Waals surface area (Å²) in [7, 11) is 4.92. The van der Waals surface area contributed by atoms with E-state index >= 15 is 0 Å². The molecular weight excluding hydrogens is 220 g/mol. The van der Waals surface area contributed by atoms with Gasteiger partial charge in [0.1, 0.15) is 5.75 Å². The maximum absolute atomic E-state index is 11.6. The van der Waals surface area contributed by atoms with Crippen molar-refractivity contribution in [2.45, 2.75) is 6.92 Å². The summed E-state index contributed by atoms with van der Waals surface area (Å²) in [6, 6.07) is 4.98. The largest absolute Gasteiger partial charge is 0.495 e. The molecule has 0 radical (unpaired) electrons. The highest BCUT2D eigenvalue weighted by Crippen LogP contribution is 2.22. The molecule has 1 aromatic carbocycles. The maximum atomic E-state index is 11.6. The van der Waals surface area contributed by atoms with Gasteiger partial charge in [-0.2, -0.15) is 0 Å². The Morgan fingerprint density at radius 1 is 1.47 bits per heavy atom. The highest BCUT2D eigenvalue weighted by atomic mass is 16.5. The Hall–Kier alpha value is -1.75. The normalized spacial score (nSPS) is 9.00. The summed E-state index contributed by atoms with van der Waals surface area (Å²) in [5.41, 5.74) is 6.73. The standard InChI is InChI=1S/C10H14N2O2.C2H6O/c1-12(2)10(13)7-4-5-8(11)9(6-7)14-3;1-2-3/h4-6H,11H2,1-3H3;3H,2H2,1H3. The molecule has 0 fully saturated rings. The van der Waals surface area contributed by atoms with Crippen molar-refractivity contribution in [1.82, 2.24) is 4.90 Å². The van der Waals surface area contributed by atoms with Gasteiger partial charge in [-0.1, -0.05) is 0 Å². The van der Waals surface area contributed by atoms with E-state index in [0.717, 1.165) is 0 Å². The molecule has 0 aliphatic carbocycles. The van der Waals surface area contributed by atoms with Crippen LogP contribution in [0.4, 0.5) is 5.69 Å². The lowest BCUT2D eigenvalue weighted by Gasteiger charge is -2.11. The summed E-state index contributed by atoms with van der Waals surface area (Å²) < 4.78 is 5.02. The first-order valence-electron chi connectivity index (χ1n) is 5.23. The highest BCUT2D eigenvalue weighted by molar-refractivity contribution is 5.94. The number of hydrogen-bond acceptors (Lipinski definition) is 4. The molecule has 0 aliphatic heterocycles. The van der Waals surface area contributed by atoms with Crippen LogP contribution >= 0.6 is 0 Å². The topological polar surface area (TPSA) is 75.8 Å². The van der Waals surface area contributed by atoms with Gasteiger partial charge in [0.05, 0.1) is 12.8 Å². The molecule has 0 unspecified atom stereocenters. The molecule has 5 heteroatoms. The van der Waals surface area contributed by atoms with Crippen LogP contribution in [-0.4, -0.2) is 43.7 Å². The van der Waals surface area contributed by atoms with Gasteiger partial charge in [-0.25, -0.2) is 0 Å². The van der Waals surface area contributed by atoms with Gasteiger partial charge in [-0.15, -0.1) is 0 Å². The molecule has 1 aromatic rings. The number of ether oxygens (including phenoxy) is 1. The van der Waals surface area contributed by atoms with E-state index in [0.29, 0.717) is 17.0 Å². The Bertz CT molecular complexity index is 365. The average molecular weight is 240 g/mol. The van der Waals surface area contributed by atoms with Crippen LogP contribution in [0.3, 0.4) is 0 Å². The molecule has 1 rings (SSSR count). The number of hydrogen-bond donors (Lipinski definition) is 2. The molecule has 0 aliphatic rings. The Labute approximate surface area is 102 Å². The van der Waals surface area contributed by atoms with Crippen molar-refractivity contribution in [1.29, 1.82) is 0 Å². The van der Waals surface area contributed by atoms with Gasteiger partial charge in [0.25, 0.3) is 5.91 Å². The summed E-state index contributed by atoms with van der Waals surface area (Å²) in [6.45, 7) is 1.93. The summed E-state index contributed by atoms with van der Waals surface area (Å²) in [6.07, 6.45) is 0. The van der Waals surface area contributed by atoms with Gasteiger partial charge in [0.2, 0.25) is 0 Å². The van der Waals surface area contributed by atoms with Gasteiger partial charge in [0, 0.05) is 26.3 Å². The minimum Gasteiger partial charge on any atom is -0.495 e. The first-order valence-corrected chi connectivity index (χ1v) is 5.23. The third kappa shape index (κ3) is 4.74. The number of rotatable bonds is 2. The van der Waals surface area contributed by atoms with E-state index in [2.05, 4.69) is 0 Å². The van der Waals surface area contributed by atoms with Crippen molar-refractivity contribution in [2.75, 3.05) is 33.5 Å². The number of nitrogen functional groups attached to an aromatic ring is 1. The smallest absolute Gasteiger partial charge is 0.253 e. The predicted octanol–water partition coefficient (Wildman–Crippen LogP) is 0.978. The molecule has 1 amide bonds. The van der Waals surface area contributed by atoms with Crippen LogP contribution in [0.25, 0.3) is 0 Å². The zero-order valence-corrected chi connectivity index (χ0v) is 10.7. The maximum Gasteiger partial charge on any atom is 0.253 e. The van der Waals surface area contributed by atoms with E-state index in [1.54, 1.807) is 39.2 Å². The number of methoxy groups -OCH3 is 1. The molecule has 5 nitrogen and oxygen atoms in total. The molecular formula is C12H20N2O3. The molecule has 0 saturated carbocycles. The molecule has 96 valence electrons. The fraction of sp³-hybridized carbons (Fsp3) is 0.417. The molecule has 0 aromatic heterocycles. The van der Waals surface area contributed by atoms with Crippen molar-refractivity contribution in [3.05, 3.63) is 23.8 Å². The number of nitrogens with zero attached hydrogens (tertiary/aromatic N) is 1. The second-order valence-corrected chi connectivity index (χ2v) is 3.47. The van der Waals surface area contributed by atoms with Crippen molar-refractivity contribution in [3.63, 3.8) is 0 Å². The van der Waals surface area contributed by atoms with Crippen molar-refractivity contribution < 1.29 is 14.6 Å². The lowest BCUT2D eigenvalue weighted by Crippen LogP contribution is -2.21. The summed E-state index contributed by atoms with van der Waals surface area (Å²) >= 11 is 0. The quantitative estimate of drug-likeness (QED) is 0.755. The average Bonchev–Trinajstić information content (AvgIpc) is 2.29. The van der Waals surface area contributed by atoms with Crippen LogP contribution in [0.15, 0.2) is 18.2 Å². The van der Waals surface area contributed by atoms with Crippen LogP contribution < -0.4 is 10.5 Å². The number of amides is 1. The third-order valence-electron chi connectivity index (χ3n) is 1.89. The molecule has 0 saturated heterocycles. The number of nitrogens with two attached hydrogens (primary N) is 1. The lowest BCUT2D eigenvalue weighted by molar-refractivity contribution is 0.0827. The molecule has 0 heterocycles. The van der Waals surface area contributed by atoms with Crippen LogP contribution in [0, 0.1) is 0 Å². The van der Waals surface area contributed by atoms with Crippen LogP contribution in [0.5, 0.6) is 5.75 Å². The Balaban J connectivity index is 0.000000770. The van der Waals surface area contributed by atoms with E-state index in [1.807, 2.05) is 0 Å². The Morgan fingerprint density at radius 3 is 2.41 bits per heavy atom. The fourth-order valence-corrected chi connectivity index (χ4v) is 1.10. The van der Waals surface area contributed by atoms with Crippen LogP contribution in [0.2, 0.25) is 0 Å². The first kappa shape index (κ1) is 15.2. The number of benzene rings is 1. The number of carbonyl (C=O) groups excluding carboxylic acids is 1. The molecule has 0 spiro atoms. The summed E-state index contributed by atoms with van der Waals surface area (Å²) in [5, 5.41) is 7.57. The molecule has 17 heavy (non-hydrogen) atoms. The van der Waals surface area contributed by atoms with E-state index in [-0.39, 0.29) is 12.5 Å². The van der Waals surface area contributed by atoms with Crippen molar-refractivity contribution in [2.24, 2.45) is 0 Å². The second-order valence-electron chi connectivity index (χ2n) is 3.47. The number of aliphatic hydroxyl groups excluding tert-OH is 1. The van der Waals surface area contributed by atoms with Gasteiger partial charge >= 0.3 is 0 Å². The minimum absolute atomic E-state index is 0.0664. The van der Waals surface area contributed by atoms with Crippen molar-refractivity contribution >= 4 is 11.6 Å². The second kappa shape index (κ2) is 7.51. The minimum atomic E-state index is -0.0664. The molecule has 3 N–H and O–H groups in total. The predicted molar refractivity (Wildman–Crippen MR) is 68.2 cm³/mol. The van der Waals surface area contributed by atoms with E-state index in [1.165, 1.54) is 12.0 Å². The van der Waals surface area contributed by atoms with Gasteiger partial charge < -0.3 is 20.5 Å². The Kier molecular flexibility index (Phi) is 6.74. The number of aliphatic hydroxyl groups is 1. The third-order valence-corrected chi connectivity index (χ3v) is 1.89. The lowest BCUT2D eigenvalue weighted by atomic mass is 10.1. The number of anilines is 1. The zero-order valence-electron chi connectivity index (χ0n) is 10.7. The van der Waals surface area contributed by atoms with Crippen molar-refractivity contribution in [3.8, 4) is 5.75 Å². The Morgan fingerprint density at radius 2 is 2.00 bits per heavy atom. The molecule has 0 bridgehead atoms. The van der Waals surface area contributed by atoms with Gasteiger partial charge in [0.15, 0.2) is 0 Å². The van der Waals surface area contributed by atoms with E-state index in [4.69, 9.17) is 15.6 Å². The first-order chi connectivity index (χ1) is 7.97. The summed E-state index contributed by atoms with van der Waals surface area (Å²) in [4.78, 5) is 13.1. The zero-order chi connectivity index (χ0) is 13.4. The van der Waals surface area contributed by atoms with Crippen LogP contribution in [0.1, 0.15) is 17.3 Å². The highest BCUT2D eigenvalue weighted by Gasteiger charge is 2.09. The molecule has 0 atom stereocenters. The van der Waals surface area contributed by atoms with Gasteiger partial charge in [-0.3, -0.25) is 4.79 Å².